The molecule has 0 saturated carbocycles. The molecule has 128 valence electrons. The van der Waals surface area contributed by atoms with Gasteiger partial charge in [-0.25, -0.2) is 18.7 Å². The summed E-state index contributed by atoms with van der Waals surface area (Å²) in [6, 6.07) is 9.93. The van der Waals surface area contributed by atoms with Crippen LogP contribution in [0.1, 0.15) is 5.69 Å². The van der Waals surface area contributed by atoms with Crippen LogP contribution in [0.5, 0.6) is 0 Å². The van der Waals surface area contributed by atoms with Crippen LogP contribution in [0, 0.1) is 11.6 Å². The van der Waals surface area contributed by atoms with Gasteiger partial charge in [0.25, 0.3) is 0 Å². The van der Waals surface area contributed by atoms with Crippen LogP contribution in [0.2, 0.25) is 0 Å². The Kier molecular flexibility index (Phi) is 4.55. The molecule has 0 amide bonds. The van der Waals surface area contributed by atoms with E-state index in [0.717, 1.165) is 18.2 Å². The third kappa shape index (κ3) is 3.84. The molecule has 25 heavy (non-hydrogen) atoms. The van der Waals surface area contributed by atoms with Gasteiger partial charge in [0.2, 0.25) is 0 Å². The van der Waals surface area contributed by atoms with Gasteiger partial charge in [0.05, 0.1) is 5.69 Å². The maximum Gasteiger partial charge on any atom is 0.433 e. The molecule has 3 rings (SSSR count). The molecule has 1 aromatic heterocycles. The fourth-order valence-corrected chi connectivity index (χ4v) is 2.55. The van der Waals surface area contributed by atoms with Gasteiger partial charge in [-0.2, -0.15) is 13.2 Å². The lowest BCUT2D eigenvalue weighted by Gasteiger charge is -2.11. The molecule has 0 saturated heterocycles. The van der Waals surface area contributed by atoms with Crippen LogP contribution < -0.4 is 0 Å². The van der Waals surface area contributed by atoms with Crippen LogP contribution in [-0.2, 0) is 6.18 Å². The second kappa shape index (κ2) is 6.51. The third-order valence-electron chi connectivity index (χ3n) is 3.31. The Hall–Kier alpha value is -2.35. The van der Waals surface area contributed by atoms with E-state index < -0.39 is 23.5 Å². The summed E-state index contributed by atoms with van der Waals surface area (Å²) in [6.07, 6.45) is -4.71. The molecule has 0 aliphatic carbocycles. The largest absolute Gasteiger partial charge is 0.433 e. The molecule has 2 nitrogen and oxygen atoms in total. The van der Waals surface area contributed by atoms with Gasteiger partial charge in [0.15, 0.2) is 17.5 Å². The average molecular weight is 415 g/mol. The summed E-state index contributed by atoms with van der Waals surface area (Å²) in [5.74, 6) is -2.44. The number of nitrogens with zero attached hydrogens (tertiary/aromatic N) is 2. The molecule has 0 radical (unpaired) electrons. The molecule has 2 aromatic carbocycles. The highest BCUT2D eigenvalue weighted by atomic mass is 79.9. The number of benzene rings is 2. The van der Waals surface area contributed by atoms with E-state index in [9.17, 15) is 22.0 Å². The lowest BCUT2D eigenvalue weighted by Crippen LogP contribution is -2.10. The predicted octanol–water partition coefficient (Wildman–Crippen LogP) is 5.87. The Labute approximate surface area is 147 Å². The van der Waals surface area contributed by atoms with Crippen molar-refractivity contribution < 1.29 is 22.0 Å². The minimum atomic E-state index is -4.71. The van der Waals surface area contributed by atoms with Crippen molar-refractivity contribution in [2.75, 3.05) is 0 Å². The molecule has 0 atom stereocenters. The van der Waals surface area contributed by atoms with Crippen LogP contribution in [-0.4, -0.2) is 9.97 Å². The number of halogens is 6. The Balaban J connectivity index is 2.21. The molecule has 0 aliphatic heterocycles. The molecule has 0 aliphatic rings. The first-order chi connectivity index (χ1) is 11.7. The monoisotopic (exact) mass is 414 g/mol. The van der Waals surface area contributed by atoms with Crippen molar-refractivity contribution in [1.82, 2.24) is 9.97 Å². The smallest absolute Gasteiger partial charge is 0.228 e. The van der Waals surface area contributed by atoms with Crippen molar-refractivity contribution in [3.63, 3.8) is 0 Å². The molecular formula is C17H8BrF5N2. The van der Waals surface area contributed by atoms with Gasteiger partial charge in [-0.15, -0.1) is 0 Å². The van der Waals surface area contributed by atoms with Gasteiger partial charge in [-0.3, -0.25) is 0 Å². The summed E-state index contributed by atoms with van der Waals surface area (Å²) >= 11 is 3.23. The number of alkyl halides is 3. The molecule has 0 N–H and O–H groups in total. The van der Waals surface area contributed by atoms with Gasteiger partial charge in [-0.05, 0) is 36.4 Å². The van der Waals surface area contributed by atoms with E-state index in [1.807, 2.05) is 0 Å². The van der Waals surface area contributed by atoms with Crippen molar-refractivity contribution in [1.29, 1.82) is 0 Å². The van der Waals surface area contributed by atoms with Crippen molar-refractivity contribution in [3.8, 4) is 22.6 Å². The van der Waals surface area contributed by atoms with Gasteiger partial charge >= 0.3 is 6.18 Å². The van der Waals surface area contributed by atoms with E-state index in [2.05, 4.69) is 25.9 Å². The summed E-state index contributed by atoms with van der Waals surface area (Å²) in [4.78, 5) is 7.63. The molecule has 0 unspecified atom stereocenters. The Bertz CT molecular complexity index is 941. The molecular weight excluding hydrogens is 407 g/mol. The topological polar surface area (TPSA) is 25.8 Å². The van der Waals surface area contributed by atoms with Crippen molar-refractivity contribution in [3.05, 3.63) is 70.3 Å². The van der Waals surface area contributed by atoms with E-state index in [-0.39, 0.29) is 17.1 Å². The zero-order chi connectivity index (χ0) is 18.2. The number of rotatable bonds is 2. The summed E-state index contributed by atoms with van der Waals surface area (Å²) < 4.78 is 66.7. The fraction of sp³-hybridized carbons (Fsp3) is 0.0588. The van der Waals surface area contributed by atoms with Gasteiger partial charge < -0.3 is 0 Å². The molecule has 3 aromatic rings. The van der Waals surface area contributed by atoms with Gasteiger partial charge in [-0.1, -0.05) is 28.1 Å². The Morgan fingerprint density at radius 2 is 1.56 bits per heavy atom. The zero-order valence-corrected chi connectivity index (χ0v) is 13.9. The highest BCUT2D eigenvalue weighted by Gasteiger charge is 2.34. The SMILES string of the molecule is Fc1ccc(-c2cc(C(F)(F)F)nc(-c3cccc(Br)c3)n2)cc1F. The first-order valence-corrected chi connectivity index (χ1v) is 7.71. The molecule has 0 spiro atoms. The number of hydrogen-bond acceptors (Lipinski definition) is 2. The molecule has 1 heterocycles. The van der Waals surface area contributed by atoms with Crippen LogP contribution in [0.15, 0.2) is 53.0 Å². The molecule has 8 heteroatoms. The normalized spacial score (nSPS) is 11.6. The van der Waals surface area contributed by atoms with E-state index >= 15 is 0 Å². The summed E-state index contributed by atoms with van der Waals surface area (Å²) in [5, 5.41) is 0. The van der Waals surface area contributed by atoms with Gasteiger partial charge in [0.1, 0.15) is 5.69 Å². The second-order valence-electron chi connectivity index (χ2n) is 5.10. The summed E-state index contributed by atoms with van der Waals surface area (Å²) in [7, 11) is 0. The van der Waals surface area contributed by atoms with Crippen molar-refractivity contribution in [2.45, 2.75) is 6.18 Å². The van der Waals surface area contributed by atoms with Crippen molar-refractivity contribution >= 4 is 15.9 Å². The quantitative estimate of drug-likeness (QED) is 0.490. The third-order valence-corrected chi connectivity index (χ3v) is 3.81. The fourth-order valence-electron chi connectivity index (χ4n) is 2.15. The summed E-state index contributed by atoms with van der Waals surface area (Å²) in [5.41, 5.74) is -0.958. The average Bonchev–Trinajstić information content (AvgIpc) is 2.56. The maximum absolute atomic E-state index is 13.4. The predicted molar refractivity (Wildman–Crippen MR) is 85.5 cm³/mol. The number of aromatic nitrogens is 2. The lowest BCUT2D eigenvalue weighted by atomic mass is 10.1. The Morgan fingerprint density at radius 3 is 2.20 bits per heavy atom. The minimum Gasteiger partial charge on any atom is -0.228 e. The molecule has 0 bridgehead atoms. The zero-order valence-electron chi connectivity index (χ0n) is 12.3. The molecule has 0 fully saturated rings. The van der Waals surface area contributed by atoms with E-state index in [1.165, 1.54) is 0 Å². The highest BCUT2D eigenvalue weighted by Crippen LogP contribution is 2.33. The van der Waals surface area contributed by atoms with E-state index in [4.69, 9.17) is 0 Å². The van der Waals surface area contributed by atoms with Crippen LogP contribution in [0.4, 0.5) is 22.0 Å². The Morgan fingerprint density at radius 1 is 0.800 bits per heavy atom. The van der Waals surface area contributed by atoms with E-state index in [0.29, 0.717) is 16.1 Å². The summed E-state index contributed by atoms with van der Waals surface area (Å²) in [6.45, 7) is 0. The van der Waals surface area contributed by atoms with Crippen LogP contribution in [0.25, 0.3) is 22.6 Å². The lowest BCUT2D eigenvalue weighted by molar-refractivity contribution is -0.141. The maximum atomic E-state index is 13.4. The van der Waals surface area contributed by atoms with E-state index in [1.54, 1.807) is 24.3 Å². The standard InChI is InChI=1S/C17H8BrF5N2/c18-11-3-1-2-10(6-11)16-24-14(8-15(25-16)17(21,22)23)9-4-5-12(19)13(20)7-9/h1-8H. The van der Waals surface area contributed by atoms with Crippen LogP contribution in [0.3, 0.4) is 0 Å². The van der Waals surface area contributed by atoms with Gasteiger partial charge in [0, 0.05) is 15.6 Å². The minimum absolute atomic E-state index is 0.0167. The first-order valence-electron chi connectivity index (χ1n) is 6.92. The van der Waals surface area contributed by atoms with Crippen LogP contribution >= 0.6 is 15.9 Å². The highest BCUT2D eigenvalue weighted by molar-refractivity contribution is 9.10. The number of hydrogen-bond donors (Lipinski definition) is 0. The second-order valence-corrected chi connectivity index (χ2v) is 6.01. The van der Waals surface area contributed by atoms with Crippen molar-refractivity contribution in [2.24, 2.45) is 0 Å². The first kappa shape index (κ1) is 17.5.